The molecular weight excluding hydrogens is 364 g/mol. The van der Waals surface area contributed by atoms with Gasteiger partial charge in [0.1, 0.15) is 10.6 Å². The third-order valence-electron chi connectivity index (χ3n) is 4.29. The Bertz CT molecular complexity index is 994. The number of nitrogens with one attached hydrogen (secondary N) is 1. The molecule has 1 aromatic carbocycles. The molecule has 0 radical (unpaired) electrons. The first-order chi connectivity index (χ1) is 13.0. The van der Waals surface area contributed by atoms with E-state index in [2.05, 4.69) is 9.97 Å². The summed E-state index contributed by atoms with van der Waals surface area (Å²) in [5.41, 5.74) is 0.745. The van der Waals surface area contributed by atoms with Crippen LogP contribution in [-0.4, -0.2) is 22.5 Å². The molecule has 0 bridgehead atoms. The van der Waals surface area contributed by atoms with Gasteiger partial charge in [-0.05, 0) is 44.9 Å². The van der Waals surface area contributed by atoms with Gasteiger partial charge in [-0.15, -0.1) is 11.3 Å². The van der Waals surface area contributed by atoms with Crippen LogP contribution in [0.4, 0.5) is 0 Å². The van der Waals surface area contributed by atoms with Crippen molar-refractivity contribution in [1.82, 2.24) is 9.97 Å². The summed E-state index contributed by atoms with van der Waals surface area (Å²) in [6.07, 6.45) is 0.167. The van der Waals surface area contributed by atoms with E-state index in [1.807, 2.05) is 44.2 Å². The van der Waals surface area contributed by atoms with Crippen molar-refractivity contribution in [3.05, 3.63) is 57.0 Å². The van der Waals surface area contributed by atoms with Gasteiger partial charge in [0.25, 0.3) is 5.56 Å². The molecule has 0 saturated heterocycles. The molecule has 3 aromatic rings. The van der Waals surface area contributed by atoms with Gasteiger partial charge in [-0.25, -0.2) is 4.98 Å². The van der Waals surface area contributed by atoms with E-state index in [-0.39, 0.29) is 17.9 Å². The first-order valence-electron chi connectivity index (χ1n) is 8.83. The molecule has 7 heteroatoms. The molecule has 0 amide bonds. The summed E-state index contributed by atoms with van der Waals surface area (Å²) >= 11 is 1.47. The number of aromatic amines is 1. The Morgan fingerprint density at radius 2 is 2.00 bits per heavy atom. The van der Waals surface area contributed by atoms with Crippen LogP contribution in [0.5, 0.6) is 5.75 Å². The van der Waals surface area contributed by atoms with Crippen molar-refractivity contribution < 1.29 is 14.3 Å². The lowest BCUT2D eigenvalue weighted by atomic mass is 10.2. The number of aryl methyl sites for hydroxylation is 2. The predicted octanol–water partition coefficient (Wildman–Crippen LogP) is 4.06. The lowest BCUT2D eigenvalue weighted by Gasteiger charge is -2.12. The fourth-order valence-electron chi connectivity index (χ4n) is 2.70. The number of nitrogens with zero attached hydrogens (tertiary/aromatic N) is 1. The quantitative estimate of drug-likeness (QED) is 0.489. The van der Waals surface area contributed by atoms with Gasteiger partial charge in [0, 0.05) is 11.3 Å². The molecule has 1 atom stereocenters. The van der Waals surface area contributed by atoms with Gasteiger partial charge < -0.3 is 14.5 Å². The number of fused-ring (bicyclic) bond motifs is 1. The molecule has 0 aliphatic carbocycles. The third kappa shape index (κ3) is 4.54. The Labute approximate surface area is 161 Å². The highest BCUT2D eigenvalue weighted by molar-refractivity contribution is 7.18. The lowest BCUT2D eigenvalue weighted by molar-refractivity contribution is -0.149. The van der Waals surface area contributed by atoms with Crippen LogP contribution in [0, 0.1) is 13.8 Å². The van der Waals surface area contributed by atoms with Gasteiger partial charge in [-0.1, -0.05) is 18.2 Å². The summed E-state index contributed by atoms with van der Waals surface area (Å²) in [4.78, 5) is 33.3. The van der Waals surface area contributed by atoms with Gasteiger partial charge in [-0.2, -0.15) is 0 Å². The molecule has 0 aliphatic heterocycles. The molecular formula is C20H22N2O4S. The Hall–Kier alpha value is -2.67. The van der Waals surface area contributed by atoms with Crippen LogP contribution in [0.15, 0.2) is 35.1 Å². The zero-order valence-corrected chi connectivity index (χ0v) is 16.4. The Morgan fingerprint density at radius 1 is 1.26 bits per heavy atom. The second kappa shape index (κ2) is 8.35. The van der Waals surface area contributed by atoms with Crippen LogP contribution in [0.3, 0.4) is 0 Å². The van der Waals surface area contributed by atoms with Crippen LogP contribution in [0.1, 0.15) is 42.1 Å². The van der Waals surface area contributed by atoms with Crippen LogP contribution in [0.25, 0.3) is 10.2 Å². The standard InChI is InChI=1S/C20H22N2O4S/c1-12-14(3)27-20-17(12)19(24)21-18(22-20)13(2)26-16(23)10-7-11-25-15-8-5-4-6-9-15/h4-6,8-9,13H,7,10-11H2,1-3H3,(H,21,22,24)/t13-/m0/s1. The normalized spacial score (nSPS) is 12.1. The number of hydrogen-bond acceptors (Lipinski definition) is 6. The van der Waals surface area contributed by atoms with Crippen LogP contribution in [0.2, 0.25) is 0 Å². The fourth-order valence-corrected chi connectivity index (χ4v) is 3.74. The van der Waals surface area contributed by atoms with Crippen LogP contribution >= 0.6 is 11.3 Å². The topological polar surface area (TPSA) is 81.3 Å². The summed E-state index contributed by atoms with van der Waals surface area (Å²) in [6.45, 7) is 6.01. The third-order valence-corrected chi connectivity index (χ3v) is 5.39. The number of thiophene rings is 1. The van der Waals surface area contributed by atoms with Gasteiger partial charge in [-0.3, -0.25) is 9.59 Å². The minimum atomic E-state index is -0.618. The van der Waals surface area contributed by atoms with Gasteiger partial charge in [0.05, 0.1) is 12.0 Å². The molecule has 6 nitrogen and oxygen atoms in total. The highest BCUT2D eigenvalue weighted by Gasteiger charge is 2.18. The summed E-state index contributed by atoms with van der Waals surface area (Å²) in [5, 5.41) is 0.609. The predicted molar refractivity (Wildman–Crippen MR) is 105 cm³/mol. The maximum absolute atomic E-state index is 12.3. The number of hydrogen-bond donors (Lipinski definition) is 1. The second-order valence-electron chi connectivity index (χ2n) is 6.31. The van der Waals surface area contributed by atoms with E-state index in [1.54, 1.807) is 6.92 Å². The molecule has 2 heterocycles. The number of carbonyl (C=O) groups excluding carboxylic acids is 1. The molecule has 0 aliphatic rings. The summed E-state index contributed by atoms with van der Waals surface area (Å²) in [7, 11) is 0. The smallest absolute Gasteiger partial charge is 0.306 e. The maximum Gasteiger partial charge on any atom is 0.306 e. The zero-order chi connectivity index (χ0) is 19.4. The first kappa shape index (κ1) is 19.1. The Kier molecular flexibility index (Phi) is 5.91. The van der Waals surface area contributed by atoms with Crippen molar-refractivity contribution in [2.45, 2.75) is 39.7 Å². The minimum absolute atomic E-state index is 0.198. The van der Waals surface area contributed by atoms with Crippen LogP contribution < -0.4 is 10.3 Å². The number of ether oxygens (including phenoxy) is 2. The number of esters is 1. The van der Waals surface area contributed by atoms with Crippen molar-refractivity contribution in [1.29, 1.82) is 0 Å². The maximum atomic E-state index is 12.3. The highest BCUT2D eigenvalue weighted by Crippen LogP contribution is 2.27. The van der Waals surface area contributed by atoms with Crippen molar-refractivity contribution in [2.75, 3.05) is 6.61 Å². The average Bonchev–Trinajstić information content (AvgIpc) is 2.94. The van der Waals surface area contributed by atoms with Crippen molar-refractivity contribution in [3.8, 4) is 5.75 Å². The van der Waals surface area contributed by atoms with Crippen molar-refractivity contribution >= 4 is 27.5 Å². The van der Waals surface area contributed by atoms with E-state index in [0.29, 0.717) is 29.1 Å². The van der Waals surface area contributed by atoms with Crippen molar-refractivity contribution in [3.63, 3.8) is 0 Å². The minimum Gasteiger partial charge on any atom is -0.494 e. The Balaban J connectivity index is 1.55. The SMILES string of the molecule is Cc1sc2nc([C@H](C)OC(=O)CCCOc3ccccc3)[nH]c(=O)c2c1C. The molecule has 0 saturated carbocycles. The number of para-hydroxylation sites is 1. The molecule has 0 spiro atoms. The number of H-pyrrole nitrogens is 1. The molecule has 0 fully saturated rings. The molecule has 3 rings (SSSR count). The molecule has 2 aromatic heterocycles. The van der Waals surface area contributed by atoms with Crippen molar-refractivity contribution in [2.24, 2.45) is 0 Å². The average molecular weight is 386 g/mol. The van der Waals surface area contributed by atoms with E-state index >= 15 is 0 Å². The number of aromatic nitrogens is 2. The second-order valence-corrected chi connectivity index (χ2v) is 7.51. The molecule has 1 N–H and O–H groups in total. The van der Waals surface area contributed by atoms with E-state index in [4.69, 9.17) is 9.47 Å². The zero-order valence-electron chi connectivity index (χ0n) is 15.6. The summed E-state index contributed by atoms with van der Waals surface area (Å²) in [5.74, 6) is 0.791. The van der Waals surface area contributed by atoms with E-state index in [1.165, 1.54) is 11.3 Å². The largest absolute Gasteiger partial charge is 0.494 e. The molecule has 27 heavy (non-hydrogen) atoms. The number of benzene rings is 1. The van der Waals surface area contributed by atoms with Gasteiger partial charge in [0.2, 0.25) is 0 Å². The lowest BCUT2D eigenvalue weighted by Crippen LogP contribution is -2.17. The number of rotatable bonds is 7. The van der Waals surface area contributed by atoms with Crippen LogP contribution in [-0.2, 0) is 9.53 Å². The number of carbonyl (C=O) groups is 1. The van der Waals surface area contributed by atoms with E-state index < -0.39 is 6.10 Å². The monoisotopic (exact) mass is 386 g/mol. The van der Waals surface area contributed by atoms with Gasteiger partial charge >= 0.3 is 5.97 Å². The van der Waals surface area contributed by atoms with Gasteiger partial charge in [0.15, 0.2) is 11.9 Å². The Morgan fingerprint density at radius 3 is 2.74 bits per heavy atom. The molecule has 0 unspecified atom stereocenters. The summed E-state index contributed by atoms with van der Waals surface area (Å²) < 4.78 is 11.0. The molecule has 142 valence electrons. The highest BCUT2D eigenvalue weighted by atomic mass is 32.1. The van der Waals surface area contributed by atoms with E-state index in [9.17, 15) is 9.59 Å². The summed E-state index contributed by atoms with van der Waals surface area (Å²) in [6, 6.07) is 9.44. The first-order valence-corrected chi connectivity index (χ1v) is 9.64. The fraction of sp³-hybridized carbons (Fsp3) is 0.350. The van der Waals surface area contributed by atoms with E-state index in [0.717, 1.165) is 16.2 Å².